The van der Waals surface area contributed by atoms with Gasteiger partial charge in [-0.25, -0.2) is 0 Å². The van der Waals surface area contributed by atoms with Gasteiger partial charge < -0.3 is 0 Å². The molecule has 4 heteroatoms. The van der Waals surface area contributed by atoms with Gasteiger partial charge in [-0.15, -0.1) is 0 Å². The topological polar surface area (TPSA) is 52.5 Å². The minimum absolute atomic E-state index is 0.371. The quantitative estimate of drug-likeness (QED) is 0.833. The SMILES string of the molecule is Cc1n[nH]c(=S)c(C#N)c1/C=C/c1ccccc1. The summed E-state index contributed by atoms with van der Waals surface area (Å²) in [6, 6.07) is 12.0. The lowest BCUT2D eigenvalue weighted by atomic mass is 10.1. The standard InChI is InChI=1S/C14H11N3S/c1-10-12(13(9-15)14(18)17-16-10)8-7-11-5-3-2-4-6-11/h2-8H,1H3,(H,17,18)/b8-7+. The summed E-state index contributed by atoms with van der Waals surface area (Å²) in [6.45, 7) is 1.84. The molecule has 1 N–H and O–H groups in total. The molecule has 2 aromatic rings. The smallest absolute Gasteiger partial charge is 0.138 e. The molecule has 0 saturated carbocycles. The van der Waals surface area contributed by atoms with Gasteiger partial charge in [0.2, 0.25) is 0 Å². The highest BCUT2D eigenvalue weighted by Crippen LogP contribution is 2.15. The monoisotopic (exact) mass is 253 g/mol. The van der Waals surface area contributed by atoms with Crippen LogP contribution >= 0.6 is 12.2 Å². The number of hydrogen-bond donors (Lipinski definition) is 1. The number of nitriles is 1. The van der Waals surface area contributed by atoms with Gasteiger partial charge in [0, 0.05) is 5.56 Å². The number of aromatic amines is 1. The van der Waals surface area contributed by atoms with Crippen molar-refractivity contribution in [3.8, 4) is 6.07 Å². The van der Waals surface area contributed by atoms with Crippen LogP contribution in [0.5, 0.6) is 0 Å². The van der Waals surface area contributed by atoms with Gasteiger partial charge in [0.25, 0.3) is 0 Å². The second-order valence-electron chi connectivity index (χ2n) is 3.78. The number of aromatic nitrogens is 2. The van der Waals surface area contributed by atoms with Crippen molar-refractivity contribution < 1.29 is 0 Å². The molecule has 0 unspecified atom stereocenters. The van der Waals surface area contributed by atoms with Crippen LogP contribution in [0, 0.1) is 22.9 Å². The lowest BCUT2D eigenvalue weighted by Crippen LogP contribution is -1.96. The fraction of sp³-hybridized carbons (Fsp3) is 0.0714. The summed E-state index contributed by atoms with van der Waals surface area (Å²) in [4.78, 5) is 0. The molecule has 2 rings (SSSR count). The van der Waals surface area contributed by atoms with Gasteiger partial charge in [-0.3, -0.25) is 5.10 Å². The number of hydrogen-bond acceptors (Lipinski definition) is 3. The average Bonchev–Trinajstić information content (AvgIpc) is 2.41. The molecule has 0 saturated heterocycles. The minimum atomic E-state index is 0.371. The van der Waals surface area contributed by atoms with E-state index in [2.05, 4.69) is 16.3 Å². The average molecular weight is 253 g/mol. The molecule has 0 fully saturated rings. The van der Waals surface area contributed by atoms with Crippen LogP contribution in [0.15, 0.2) is 30.3 Å². The number of aryl methyl sites for hydroxylation is 1. The van der Waals surface area contributed by atoms with Crippen LogP contribution in [0.2, 0.25) is 0 Å². The van der Waals surface area contributed by atoms with Gasteiger partial charge in [-0.2, -0.15) is 10.4 Å². The van der Waals surface area contributed by atoms with Crippen LogP contribution in [-0.4, -0.2) is 10.2 Å². The van der Waals surface area contributed by atoms with Crippen molar-refractivity contribution in [3.05, 3.63) is 57.4 Å². The summed E-state index contributed by atoms with van der Waals surface area (Å²) in [7, 11) is 0. The summed E-state index contributed by atoms with van der Waals surface area (Å²) in [5, 5.41) is 15.9. The first kappa shape index (κ1) is 12.2. The molecule has 0 aliphatic rings. The Kier molecular flexibility index (Phi) is 3.66. The van der Waals surface area contributed by atoms with E-state index in [9.17, 15) is 0 Å². The normalized spacial score (nSPS) is 10.4. The first-order valence-corrected chi connectivity index (χ1v) is 5.85. The summed E-state index contributed by atoms with van der Waals surface area (Å²) in [5.74, 6) is 0. The lowest BCUT2D eigenvalue weighted by Gasteiger charge is -2.01. The molecule has 0 aliphatic carbocycles. The summed E-state index contributed by atoms with van der Waals surface area (Å²) < 4.78 is 0.371. The summed E-state index contributed by atoms with van der Waals surface area (Å²) in [5.41, 5.74) is 3.06. The van der Waals surface area contributed by atoms with E-state index in [0.717, 1.165) is 16.8 Å². The van der Waals surface area contributed by atoms with Gasteiger partial charge in [-0.05, 0) is 12.5 Å². The molecule has 0 aliphatic heterocycles. The number of nitrogens with one attached hydrogen (secondary N) is 1. The van der Waals surface area contributed by atoms with Gasteiger partial charge in [-0.1, -0.05) is 54.7 Å². The van der Waals surface area contributed by atoms with E-state index in [4.69, 9.17) is 17.5 Å². The van der Waals surface area contributed by atoms with Crippen LogP contribution in [-0.2, 0) is 0 Å². The van der Waals surface area contributed by atoms with Crippen LogP contribution in [0.25, 0.3) is 12.2 Å². The number of H-pyrrole nitrogens is 1. The van der Waals surface area contributed by atoms with Crippen LogP contribution in [0.3, 0.4) is 0 Å². The first-order valence-electron chi connectivity index (χ1n) is 5.45. The molecular formula is C14H11N3S. The molecule has 0 radical (unpaired) electrons. The molecule has 88 valence electrons. The Morgan fingerprint density at radius 1 is 1.28 bits per heavy atom. The molecule has 0 atom stereocenters. The van der Waals surface area contributed by atoms with Crippen molar-refractivity contribution in [3.63, 3.8) is 0 Å². The second kappa shape index (κ2) is 5.39. The maximum absolute atomic E-state index is 9.12. The first-order chi connectivity index (χ1) is 8.72. The highest BCUT2D eigenvalue weighted by molar-refractivity contribution is 7.71. The highest BCUT2D eigenvalue weighted by atomic mass is 32.1. The van der Waals surface area contributed by atoms with E-state index < -0.39 is 0 Å². The molecule has 1 aromatic heterocycles. The van der Waals surface area contributed by atoms with Crippen molar-refractivity contribution in [2.24, 2.45) is 0 Å². The molecule has 0 bridgehead atoms. The largest absolute Gasteiger partial charge is 0.266 e. The van der Waals surface area contributed by atoms with Gasteiger partial charge >= 0.3 is 0 Å². The second-order valence-corrected chi connectivity index (χ2v) is 4.19. The lowest BCUT2D eigenvalue weighted by molar-refractivity contribution is 0.957. The van der Waals surface area contributed by atoms with E-state index in [1.165, 1.54) is 0 Å². The molecular weight excluding hydrogens is 242 g/mol. The van der Waals surface area contributed by atoms with Crippen LogP contribution in [0.4, 0.5) is 0 Å². The molecule has 1 heterocycles. The van der Waals surface area contributed by atoms with Crippen molar-refractivity contribution in [1.29, 1.82) is 5.26 Å². The summed E-state index contributed by atoms with van der Waals surface area (Å²) in [6.07, 6.45) is 3.82. The molecule has 0 spiro atoms. The zero-order chi connectivity index (χ0) is 13.0. The predicted molar refractivity (Wildman–Crippen MR) is 74.2 cm³/mol. The highest BCUT2D eigenvalue weighted by Gasteiger charge is 2.05. The van der Waals surface area contributed by atoms with Crippen LogP contribution in [0.1, 0.15) is 22.4 Å². The number of benzene rings is 1. The number of rotatable bonds is 2. The van der Waals surface area contributed by atoms with Gasteiger partial charge in [0.15, 0.2) is 0 Å². The Labute approximate surface area is 110 Å². The van der Waals surface area contributed by atoms with E-state index in [1.54, 1.807) is 0 Å². The Morgan fingerprint density at radius 3 is 2.67 bits per heavy atom. The predicted octanol–water partition coefficient (Wildman–Crippen LogP) is 3.49. The maximum Gasteiger partial charge on any atom is 0.138 e. The van der Waals surface area contributed by atoms with E-state index in [0.29, 0.717) is 10.2 Å². The molecule has 0 amide bonds. The van der Waals surface area contributed by atoms with E-state index in [-0.39, 0.29) is 0 Å². The third kappa shape index (κ3) is 2.53. The fourth-order valence-electron chi connectivity index (χ4n) is 1.61. The van der Waals surface area contributed by atoms with Crippen LogP contribution < -0.4 is 0 Å². The van der Waals surface area contributed by atoms with Crippen molar-refractivity contribution in [2.45, 2.75) is 6.92 Å². The number of nitrogens with zero attached hydrogens (tertiary/aromatic N) is 2. The Hall–Kier alpha value is -2.25. The Bertz CT molecular complexity index is 678. The van der Waals surface area contributed by atoms with Crippen molar-refractivity contribution in [1.82, 2.24) is 10.2 Å². The zero-order valence-corrected chi connectivity index (χ0v) is 10.7. The molecule has 3 nitrogen and oxygen atoms in total. The molecule has 1 aromatic carbocycles. The molecule has 18 heavy (non-hydrogen) atoms. The minimum Gasteiger partial charge on any atom is -0.266 e. The third-order valence-corrected chi connectivity index (χ3v) is 2.86. The fourth-order valence-corrected chi connectivity index (χ4v) is 1.81. The Morgan fingerprint density at radius 2 is 2.00 bits per heavy atom. The summed E-state index contributed by atoms with van der Waals surface area (Å²) >= 11 is 5.05. The third-order valence-electron chi connectivity index (χ3n) is 2.57. The zero-order valence-electron chi connectivity index (χ0n) is 9.84. The van der Waals surface area contributed by atoms with Gasteiger partial charge in [0.1, 0.15) is 10.7 Å². The van der Waals surface area contributed by atoms with Crippen molar-refractivity contribution in [2.75, 3.05) is 0 Å². The van der Waals surface area contributed by atoms with E-state index >= 15 is 0 Å². The Balaban J connectivity index is 2.47. The van der Waals surface area contributed by atoms with E-state index in [1.807, 2.05) is 49.4 Å². The van der Waals surface area contributed by atoms with Crippen molar-refractivity contribution >= 4 is 24.4 Å². The maximum atomic E-state index is 9.12. The van der Waals surface area contributed by atoms with Gasteiger partial charge in [0.05, 0.1) is 11.3 Å².